The van der Waals surface area contributed by atoms with Crippen LogP contribution in [0.1, 0.15) is 16.9 Å². The molecule has 4 N–H and O–H groups in total. The molecule has 8 heteroatoms. The Balaban J connectivity index is 2.07. The third-order valence-corrected chi connectivity index (χ3v) is 2.62. The molecule has 1 aromatic rings. The van der Waals surface area contributed by atoms with Crippen LogP contribution >= 0.6 is 0 Å². The average Bonchev–Trinajstić information content (AvgIpc) is 2.63. The molecule has 0 radical (unpaired) electrons. The van der Waals surface area contributed by atoms with E-state index in [4.69, 9.17) is 5.84 Å². The van der Waals surface area contributed by atoms with Crippen molar-refractivity contribution in [2.75, 3.05) is 25.1 Å². The number of hydrogen-bond acceptors (Lipinski definition) is 6. The minimum atomic E-state index is -0.234. The number of anilines is 1. The number of aromatic nitrogens is 2. The second-order valence-corrected chi connectivity index (χ2v) is 3.82. The van der Waals surface area contributed by atoms with Gasteiger partial charge in [-0.1, -0.05) is 0 Å². The van der Waals surface area contributed by atoms with Gasteiger partial charge in [-0.15, -0.1) is 0 Å². The van der Waals surface area contributed by atoms with E-state index in [1.807, 2.05) is 0 Å². The summed E-state index contributed by atoms with van der Waals surface area (Å²) in [5.74, 6) is 5.27. The second kappa shape index (κ2) is 5.41. The van der Waals surface area contributed by atoms with E-state index in [9.17, 15) is 9.59 Å². The van der Waals surface area contributed by atoms with Crippen LogP contribution in [0, 0.1) is 0 Å². The minimum Gasteiger partial charge on any atom is -0.354 e. The molecule has 18 heavy (non-hydrogen) atoms. The fraction of sp³-hybridized carbons (Fsp3) is 0.400. The number of carbonyl (C=O) groups excluding carboxylic acids is 2. The Morgan fingerprint density at radius 1 is 1.39 bits per heavy atom. The molecule has 1 saturated heterocycles. The summed E-state index contributed by atoms with van der Waals surface area (Å²) >= 11 is 0. The molecule has 2 rings (SSSR count). The first-order chi connectivity index (χ1) is 8.70. The van der Waals surface area contributed by atoms with Gasteiger partial charge in [-0.05, 0) is 0 Å². The molecular formula is C10H14N6O2. The van der Waals surface area contributed by atoms with Crippen molar-refractivity contribution in [1.29, 1.82) is 0 Å². The zero-order chi connectivity index (χ0) is 13.0. The minimum absolute atomic E-state index is 0.0425. The molecule has 0 unspecified atom stereocenters. The van der Waals surface area contributed by atoms with E-state index in [-0.39, 0.29) is 17.5 Å². The highest BCUT2D eigenvalue weighted by Gasteiger charge is 2.20. The number of carbonyl (C=O) groups is 2. The number of rotatable bonds is 2. The summed E-state index contributed by atoms with van der Waals surface area (Å²) in [6, 6.07) is 0. The summed E-state index contributed by atoms with van der Waals surface area (Å²) in [6.07, 6.45) is 3.05. The van der Waals surface area contributed by atoms with Gasteiger partial charge in [0, 0.05) is 26.1 Å². The van der Waals surface area contributed by atoms with Gasteiger partial charge < -0.3 is 15.6 Å². The van der Waals surface area contributed by atoms with Crippen molar-refractivity contribution >= 4 is 17.6 Å². The molecule has 0 bridgehead atoms. The summed E-state index contributed by atoms with van der Waals surface area (Å²) in [5, 5.41) is 2.70. The lowest BCUT2D eigenvalue weighted by Gasteiger charge is -2.18. The molecular weight excluding hydrogens is 236 g/mol. The number of nitrogens with zero attached hydrogens (tertiary/aromatic N) is 3. The third-order valence-electron chi connectivity index (χ3n) is 2.62. The standard InChI is InChI=1S/C10H14N6O2/c11-15-8-6-13-7(5-14-8)10(18)16-3-1-9(17)12-2-4-16/h5-6H,1-4,11H2,(H,12,17)(H,14,15). The molecule has 0 saturated carbocycles. The van der Waals surface area contributed by atoms with Gasteiger partial charge in [0.05, 0.1) is 12.4 Å². The summed E-state index contributed by atoms with van der Waals surface area (Å²) in [5.41, 5.74) is 2.57. The van der Waals surface area contributed by atoms with Crippen LogP contribution in [0.2, 0.25) is 0 Å². The van der Waals surface area contributed by atoms with Crippen molar-refractivity contribution in [3.63, 3.8) is 0 Å². The molecule has 8 nitrogen and oxygen atoms in total. The largest absolute Gasteiger partial charge is 0.354 e. The molecule has 0 spiro atoms. The van der Waals surface area contributed by atoms with Gasteiger partial charge in [0.1, 0.15) is 5.69 Å². The first kappa shape index (κ1) is 12.2. The Kier molecular flexibility index (Phi) is 3.68. The van der Waals surface area contributed by atoms with Crippen molar-refractivity contribution < 1.29 is 9.59 Å². The van der Waals surface area contributed by atoms with Crippen LogP contribution in [-0.4, -0.2) is 46.3 Å². The van der Waals surface area contributed by atoms with Crippen molar-refractivity contribution in [3.8, 4) is 0 Å². The lowest BCUT2D eigenvalue weighted by atomic mass is 10.3. The monoisotopic (exact) mass is 250 g/mol. The van der Waals surface area contributed by atoms with Crippen LogP contribution in [0.3, 0.4) is 0 Å². The van der Waals surface area contributed by atoms with E-state index < -0.39 is 0 Å². The fourth-order valence-electron chi connectivity index (χ4n) is 1.65. The van der Waals surface area contributed by atoms with Crippen LogP contribution in [-0.2, 0) is 4.79 Å². The van der Waals surface area contributed by atoms with E-state index >= 15 is 0 Å². The van der Waals surface area contributed by atoms with Gasteiger partial charge in [-0.3, -0.25) is 9.59 Å². The maximum absolute atomic E-state index is 12.1. The zero-order valence-corrected chi connectivity index (χ0v) is 9.72. The summed E-state index contributed by atoms with van der Waals surface area (Å²) in [7, 11) is 0. The van der Waals surface area contributed by atoms with E-state index in [1.54, 1.807) is 4.90 Å². The Morgan fingerprint density at radius 2 is 2.22 bits per heavy atom. The van der Waals surface area contributed by atoms with Crippen LogP contribution in [0.5, 0.6) is 0 Å². The first-order valence-corrected chi connectivity index (χ1v) is 5.55. The molecule has 2 heterocycles. The molecule has 0 atom stereocenters. The third kappa shape index (κ3) is 2.72. The second-order valence-electron chi connectivity index (χ2n) is 3.82. The molecule has 1 fully saturated rings. The predicted octanol–water partition coefficient (Wildman–Crippen LogP) is -1.28. The van der Waals surface area contributed by atoms with Crippen LogP contribution in [0.25, 0.3) is 0 Å². The molecule has 96 valence electrons. The molecule has 1 aliphatic heterocycles. The molecule has 0 aliphatic carbocycles. The van der Waals surface area contributed by atoms with Crippen molar-refractivity contribution in [2.45, 2.75) is 6.42 Å². The van der Waals surface area contributed by atoms with Crippen molar-refractivity contribution in [1.82, 2.24) is 20.2 Å². The Labute approximate surface area is 104 Å². The molecule has 0 aromatic carbocycles. The van der Waals surface area contributed by atoms with Gasteiger partial charge in [-0.2, -0.15) is 0 Å². The van der Waals surface area contributed by atoms with E-state index in [2.05, 4.69) is 20.7 Å². The quantitative estimate of drug-likeness (QED) is 0.445. The number of nitrogens with one attached hydrogen (secondary N) is 2. The van der Waals surface area contributed by atoms with Crippen LogP contribution in [0.4, 0.5) is 5.82 Å². The Morgan fingerprint density at radius 3 is 2.89 bits per heavy atom. The normalized spacial score (nSPS) is 15.8. The maximum Gasteiger partial charge on any atom is 0.274 e. The number of amides is 2. The van der Waals surface area contributed by atoms with Gasteiger partial charge in [0.25, 0.3) is 5.91 Å². The van der Waals surface area contributed by atoms with Gasteiger partial charge in [0.15, 0.2) is 5.82 Å². The fourth-order valence-corrected chi connectivity index (χ4v) is 1.65. The van der Waals surface area contributed by atoms with Crippen molar-refractivity contribution in [2.24, 2.45) is 5.84 Å². The molecule has 2 amide bonds. The maximum atomic E-state index is 12.1. The van der Waals surface area contributed by atoms with E-state index in [0.717, 1.165) is 0 Å². The predicted molar refractivity (Wildman–Crippen MR) is 63.4 cm³/mol. The molecule has 1 aliphatic rings. The summed E-state index contributed by atoms with van der Waals surface area (Å²) < 4.78 is 0. The Bertz CT molecular complexity index is 446. The SMILES string of the molecule is NNc1cnc(C(=O)N2CCNC(=O)CC2)cn1. The number of nitrogens with two attached hydrogens (primary N) is 1. The summed E-state index contributed by atoms with van der Waals surface area (Å²) in [6.45, 7) is 1.33. The van der Waals surface area contributed by atoms with Gasteiger partial charge >= 0.3 is 0 Å². The first-order valence-electron chi connectivity index (χ1n) is 5.55. The summed E-state index contributed by atoms with van der Waals surface area (Å²) in [4.78, 5) is 32.7. The highest BCUT2D eigenvalue weighted by molar-refractivity contribution is 5.92. The highest BCUT2D eigenvalue weighted by atomic mass is 16.2. The lowest BCUT2D eigenvalue weighted by Crippen LogP contribution is -2.34. The average molecular weight is 250 g/mol. The number of nitrogen functional groups attached to an aromatic ring is 1. The van der Waals surface area contributed by atoms with Crippen LogP contribution in [0.15, 0.2) is 12.4 Å². The van der Waals surface area contributed by atoms with E-state index in [1.165, 1.54) is 12.4 Å². The van der Waals surface area contributed by atoms with Gasteiger partial charge in [0.2, 0.25) is 5.91 Å². The highest BCUT2D eigenvalue weighted by Crippen LogP contribution is 2.05. The number of hydrazine groups is 1. The van der Waals surface area contributed by atoms with Gasteiger partial charge in [-0.25, -0.2) is 15.8 Å². The van der Waals surface area contributed by atoms with Crippen molar-refractivity contribution in [3.05, 3.63) is 18.1 Å². The number of hydrogen-bond donors (Lipinski definition) is 3. The van der Waals surface area contributed by atoms with Crippen LogP contribution < -0.4 is 16.6 Å². The molecule has 1 aromatic heterocycles. The van der Waals surface area contributed by atoms with E-state index in [0.29, 0.717) is 31.9 Å². The zero-order valence-electron chi connectivity index (χ0n) is 9.72. The topological polar surface area (TPSA) is 113 Å². The Hall–Kier alpha value is -2.22. The lowest BCUT2D eigenvalue weighted by molar-refractivity contribution is -0.120. The smallest absolute Gasteiger partial charge is 0.274 e.